The lowest BCUT2D eigenvalue weighted by atomic mass is 9.66. The lowest BCUT2D eigenvalue weighted by Crippen LogP contribution is -2.59. The summed E-state index contributed by atoms with van der Waals surface area (Å²) in [4.78, 5) is 45.7. The van der Waals surface area contributed by atoms with Gasteiger partial charge in [0.05, 0.1) is 36.3 Å². The maximum Gasteiger partial charge on any atom is 0.312 e. The largest absolute Gasteiger partial charge is 0.465 e. The molecule has 3 aliphatic rings. The molecule has 11 nitrogen and oxygen atoms in total. The highest BCUT2D eigenvalue weighted by Gasteiger charge is 2.79. The number of aromatic nitrogens is 3. The first-order valence-corrected chi connectivity index (χ1v) is 14.7. The molecule has 226 valence electrons. The predicted molar refractivity (Wildman–Crippen MR) is 155 cm³/mol. The molecule has 1 aromatic heterocycles. The van der Waals surface area contributed by atoms with Crippen LogP contribution in [-0.2, 0) is 30.5 Å². The van der Waals surface area contributed by atoms with Crippen molar-refractivity contribution >= 4 is 28.8 Å². The lowest BCUT2D eigenvalue weighted by Gasteiger charge is -2.40. The number of rotatable bonds is 13. The maximum absolute atomic E-state index is 14.7. The molecule has 2 bridgehead atoms. The number of esters is 1. The van der Waals surface area contributed by atoms with E-state index in [9.17, 15) is 19.5 Å². The van der Waals surface area contributed by atoms with Crippen LogP contribution in [0.4, 0.5) is 0 Å². The van der Waals surface area contributed by atoms with Gasteiger partial charge in [0.1, 0.15) is 29.7 Å². The molecule has 2 amide bonds. The van der Waals surface area contributed by atoms with Crippen LogP contribution in [0.3, 0.4) is 0 Å². The number of benzene rings is 1. The first-order chi connectivity index (χ1) is 20.1. The number of nitrogens with zero attached hydrogens (tertiary/aromatic N) is 5. The molecule has 11 heteroatoms. The Bertz CT molecular complexity index is 1370. The summed E-state index contributed by atoms with van der Waals surface area (Å²) in [7, 11) is 0. The number of aliphatic hydroxyl groups is 1. The van der Waals surface area contributed by atoms with Crippen LogP contribution >= 0.6 is 0 Å². The predicted octanol–water partition coefficient (Wildman–Crippen LogP) is 2.69. The van der Waals surface area contributed by atoms with Crippen LogP contribution in [0.25, 0.3) is 11.0 Å². The van der Waals surface area contributed by atoms with Gasteiger partial charge in [0.25, 0.3) is 0 Å². The Hall–Kier alpha value is -3.57. The van der Waals surface area contributed by atoms with Gasteiger partial charge in [-0.05, 0) is 50.7 Å². The number of hydrogen-bond donors (Lipinski definition) is 1. The summed E-state index contributed by atoms with van der Waals surface area (Å²) in [6.45, 7) is 13.3. The summed E-state index contributed by atoms with van der Waals surface area (Å²) in [6, 6.07) is 5.76. The second-order valence-electron chi connectivity index (χ2n) is 12.1. The average molecular weight is 580 g/mol. The Morgan fingerprint density at radius 2 is 2.02 bits per heavy atom. The number of para-hydroxylation sites is 1. The van der Waals surface area contributed by atoms with Crippen LogP contribution < -0.4 is 0 Å². The van der Waals surface area contributed by atoms with Crippen molar-refractivity contribution in [2.75, 3.05) is 19.8 Å². The molecule has 42 heavy (non-hydrogen) atoms. The zero-order valence-corrected chi connectivity index (χ0v) is 24.6. The fourth-order valence-electron chi connectivity index (χ4n) is 7.20. The number of carbonyl (C=O) groups is 3. The normalized spacial score (nSPS) is 28.7. The molecule has 5 rings (SSSR count). The van der Waals surface area contributed by atoms with E-state index in [0.29, 0.717) is 31.2 Å². The van der Waals surface area contributed by atoms with E-state index in [1.165, 1.54) is 4.90 Å². The Morgan fingerprint density at radius 1 is 1.26 bits per heavy atom. The molecule has 1 aromatic carbocycles. The van der Waals surface area contributed by atoms with Gasteiger partial charge >= 0.3 is 5.97 Å². The highest BCUT2D eigenvalue weighted by molar-refractivity contribution is 5.98. The van der Waals surface area contributed by atoms with E-state index >= 15 is 0 Å². The average Bonchev–Trinajstić information content (AvgIpc) is 3.67. The van der Waals surface area contributed by atoms with Crippen LogP contribution in [0.1, 0.15) is 46.5 Å². The molecule has 3 saturated heterocycles. The van der Waals surface area contributed by atoms with Gasteiger partial charge < -0.3 is 24.4 Å². The Balaban J connectivity index is 1.54. The van der Waals surface area contributed by atoms with E-state index in [4.69, 9.17) is 9.47 Å². The van der Waals surface area contributed by atoms with Crippen molar-refractivity contribution in [2.24, 2.45) is 17.8 Å². The SMILES string of the molecule is C=CCCCOC(=O)[C@@H]1[C@H]2C(=O)N([C@@H](CO)C(C)C)C(C(=O)N(CC=C)Cn3nnc4ccccc43)C23CC[C@@]1(C)O3. The maximum atomic E-state index is 14.7. The Kier molecular flexibility index (Phi) is 8.26. The Labute approximate surface area is 246 Å². The minimum absolute atomic E-state index is 0.0716. The van der Waals surface area contributed by atoms with Gasteiger partial charge in [-0.1, -0.05) is 43.3 Å². The van der Waals surface area contributed by atoms with E-state index in [1.54, 1.807) is 21.7 Å². The molecule has 2 aromatic rings. The lowest BCUT2D eigenvalue weighted by molar-refractivity contribution is -0.163. The number of ether oxygens (including phenoxy) is 2. The summed E-state index contributed by atoms with van der Waals surface area (Å²) < 4.78 is 14.0. The number of amides is 2. The van der Waals surface area contributed by atoms with Crippen LogP contribution in [0.15, 0.2) is 49.6 Å². The molecule has 3 fully saturated rings. The van der Waals surface area contributed by atoms with Gasteiger partial charge in [0.2, 0.25) is 11.8 Å². The summed E-state index contributed by atoms with van der Waals surface area (Å²) in [6.07, 6.45) is 5.65. The number of hydrogen-bond acceptors (Lipinski definition) is 8. The van der Waals surface area contributed by atoms with Gasteiger partial charge in [0, 0.05) is 6.54 Å². The standard InChI is InChI=1S/C31H41N5O6/c1-6-8-11-17-41-29(40)25-24-27(38)36(23(18-37)20(3)4)26(31(24)15-14-30(25,5)42-31)28(39)34(16-7-2)19-35-22-13-10-9-12-21(22)32-33-35/h6-7,9-10,12-13,20,23-26,37H,1-2,8,11,14-19H2,3-5H3/t23-,24-,25-,26?,30+,31?/m0/s1. The molecule has 0 aliphatic carbocycles. The monoisotopic (exact) mass is 579 g/mol. The van der Waals surface area contributed by atoms with Gasteiger partial charge in [-0.3, -0.25) is 14.4 Å². The summed E-state index contributed by atoms with van der Waals surface area (Å²) in [5, 5.41) is 18.9. The zero-order chi connectivity index (χ0) is 30.2. The van der Waals surface area contributed by atoms with Gasteiger partial charge in [-0.25, -0.2) is 4.68 Å². The van der Waals surface area contributed by atoms with E-state index in [0.717, 1.165) is 5.52 Å². The topological polar surface area (TPSA) is 127 Å². The third-order valence-corrected chi connectivity index (χ3v) is 9.20. The van der Waals surface area contributed by atoms with Crippen molar-refractivity contribution in [1.82, 2.24) is 24.8 Å². The van der Waals surface area contributed by atoms with Crippen LogP contribution in [0.5, 0.6) is 0 Å². The highest BCUT2D eigenvalue weighted by Crippen LogP contribution is 2.64. The molecule has 1 spiro atoms. The van der Waals surface area contributed by atoms with E-state index in [1.807, 2.05) is 45.0 Å². The first-order valence-electron chi connectivity index (χ1n) is 14.7. The number of fused-ring (bicyclic) bond motifs is 2. The quantitative estimate of drug-likeness (QED) is 0.218. The number of unbranched alkanes of at least 4 members (excludes halogenated alkanes) is 1. The van der Waals surface area contributed by atoms with Crippen molar-refractivity contribution in [1.29, 1.82) is 0 Å². The Morgan fingerprint density at radius 3 is 2.71 bits per heavy atom. The van der Waals surface area contributed by atoms with Crippen LogP contribution in [-0.4, -0.2) is 90.7 Å². The summed E-state index contributed by atoms with van der Waals surface area (Å²) in [5.74, 6) is -3.12. The third kappa shape index (κ3) is 4.72. The van der Waals surface area contributed by atoms with Gasteiger partial charge in [-0.2, -0.15) is 0 Å². The highest BCUT2D eigenvalue weighted by atomic mass is 16.6. The molecule has 0 radical (unpaired) electrons. The van der Waals surface area contributed by atoms with E-state index < -0.39 is 41.1 Å². The molecule has 6 atom stereocenters. The number of carbonyl (C=O) groups excluding carboxylic acids is 3. The number of likely N-dealkylation sites (tertiary alicyclic amines) is 1. The molecule has 1 N–H and O–H groups in total. The summed E-state index contributed by atoms with van der Waals surface area (Å²) in [5.41, 5.74) is -0.728. The molecule has 0 saturated carbocycles. The van der Waals surface area contributed by atoms with Crippen molar-refractivity contribution in [3.63, 3.8) is 0 Å². The summed E-state index contributed by atoms with van der Waals surface area (Å²) >= 11 is 0. The molecule has 2 unspecified atom stereocenters. The second kappa shape index (κ2) is 11.6. The van der Waals surface area contributed by atoms with Gasteiger partial charge in [-0.15, -0.1) is 18.3 Å². The molecular formula is C31H41N5O6. The third-order valence-electron chi connectivity index (χ3n) is 9.20. The second-order valence-corrected chi connectivity index (χ2v) is 12.1. The van der Waals surface area contributed by atoms with Crippen molar-refractivity contribution < 1.29 is 29.0 Å². The minimum atomic E-state index is -1.24. The number of aliphatic hydroxyl groups excluding tert-OH is 1. The molecule has 4 heterocycles. The molecular weight excluding hydrogens is 538 g/mol. The van der Waals surface area contributed by atoms with Crippen molar-refractivity contribution in [2.45, 2.75) is 76.4 Å². The number of allylic oxidation sites excluding steroid dienone is 1. The van der Waals surface area contributed by atoms with Crippen LogP contribution in [0.2, 0.25) is 0 Å². The van der Waals surface area contributed by atoms with E-state index in [2.05, 4.69) is 23.5 Å². The zero-order valence-electron chi connectivity index (χ0n) is 24.6. The molecule has 3 aliphatic heterocycles. The van der Waals surface area contributed by atoms with Crippen molar-refractivity contribution in [3.05, 3.63) is 49.6 Å². The van der Waals surface area contributed by atoms with Crippen LogP contribution in [0, 0.1) is 17.8 Å². The smallest absolute Gasteiger partial charge is 0.312 e. The minimum Gasteiger partial charge on any atom is -0.465 e. The fourth-order valence-corrected chi connectivity index (χ4v) is 7.20. The van der Waals surface area contributed by atoms with Crippen molar-refractivity contribution in [3.8, 4) is 0 Å². The fraction of sp³-hybridized carbons (Fsp3) is 0.581. The van der Waals surface area contributed by atoms with Gasteiger partial charge in [0.15, 0.2) is 0 Å². The van der Waals surface area contributed by atoms with E-state index in [-0.39, 0.29) is 44.2 Å². The first kappa shape index (κ1) is 29.9.